The lowest BCUT2D eigenvalue weighted by Gasteiger charge is -2.13. The topological polar surface area (TPSA) is 21.3 Å². The summed E-state index contributed by atoms with van der Waals surface area (Å²) in [6.07, 6.45) is 3.95. The molecule has 98 valence electrons. The number of ether oxygens (including phenoxy) is 1. The van der Waals surface area contributed by atoms with Gasteiger partial charge in [0.15, 0.2) is 0 Å². The van der Waals surface area contributed by atoms with Crippen LogP contribution in [0.5, 0.6) is 5.75 Å². The largest absolute Gasteiger partial charge is 0.490 e. The first kappa shape index (κ1) is 14.5. The van der Waals surface area contributed by atoms with Gasteiger partial charge >= 0.3 is 0 Å². The summed E-state index contributed by atoms with van der Waals surface area (Å²) in [7, 11) is 0. The number of likely N-dealkylation sites (N-methyl/N-ethyl adjacent to an activating group) is 1. The minimum absolute atomic E-state index is 0.409. The highest BCUT2D eigenvalue weighted by Crippen LogP contribution is 2.15. The van der Waals surface area contributed by atoms with Gasteiger partial charge in [-0.25, -0.2) is 0 Å². The summed E-state index contributed by atoms with van der Waals surface area (Å²) < 4.78 is 5.45. The van der Waals surface area contributed by atoms with Crippen LogP contribution in [0.2, 0.25) is 0 Å². The molecule has 0 saturated carbocycles. The van der Waals surface area contributed by atoms with Gasteiger partial charge in [-0.15, -0.1) is 0 Å². The number of hydrogen-bond donors (Lipinski definition) is 1. The number of benzene rings is 1. The highest BCUT2D eigenvalue weighted by molar-refractivity contribution is 5.54. The molecule has 2 nitrogen and oxygen atoms in total. The lowest BCUT2D eigenvalue weighted by Crippen LogP contribution is -2.26. The van der Waals surface area contributed by atoms with Crippen LogP contribution in [0.25, 0.3) is 6.08 Å². The van der Waals surface area contributed by atoms with E-state index >= 15 is 0 Å². The maximum atomic E-state index is 5.45. The van der Waals surface area contributed by atoms with E-state index < -0.39 is 0 Å². The molecule has 1 aromatic carbocycles. The van der Waals surface area contributed by atoms with E-state index in [0.717, 1.165) is 12.3 Å². The maximum absolute atomic E-state index is 5.45. The molecule has 1 unspecified atom stereocenters. The monoisotopic (exact) mass is 245 g/mol. The molecule has 1 rings (SSSR count). The fraction of sp³-hybridized carbons (Fsp3) is 0.375. The molecule has 1 aromatic rings. The van der Waals surface area contributed by atoms with Crippen LogP contribution in [0.3, 0.4) is 0 Å². The Labute approximate surface area is 110 Å². The summed E-state index contributed by atoms with van der Waals surface area (Å²) in [5.74, 6) is 0.879. The quantitative estimate of drug-likeness (QED) is 0.740. The van der Waals surface area contributed by atoms with Crippen molar-refractivity contribution in [3.63, 3.8) is 0 Å². The summed E-state index contributed by atoms with van der Waals surface area (Å²) in [5, 5.41) is 3.40. The Kier molecular flexibility index (Phi) is 6.23. The normalized spacial score (nSPS) is 13.2. The van der Waals surface area contributed by atoms with Gasteiger partial charge in [0.05, 0.1) is 0 Å². The molecule has 0 aromatic heterocycles. The second-order valence-electron chi connectivity index (χ2n) is 4.34. The van der Waals surface area contributed by atoms with Gasteiger partial charge < -0.3 is 10.1 Å². The zero-order valence-electron chi connectivity index (χ0n) is 11.6. The van der Waals surface area contributed by atoms with Crippen molar-refractivity contribution in [2.24, 2.45) is 0 Å². The van der Waals surface area contributed by atoms with Crippen molar-refractivity contribution in [3.05, 3.63) is 48.1 Å². The van der Waals surface area contributed by atoms with Crippen molar-refractivity contribution in [3.8, 4) is 5.75 Å². The van der Waals surface area contributed by atoms with Gasteiger partial charge in [-0.05, 0) is 38.1 Å². The minimum atomic E-state index is 0.409. The van der Waals surface area contributed by atoms with Crippen LogP contribution in [-0.4, -0.2) is 19.2 Å². The standard InChI is InChI=1S/C16H23NO/c1-5-11-18-16-9-7-15(8-10-16)12-13(3)14(4)17-6-2/h5,7-10,12,14,17H,1,6,11H2,2-4H3/b13-12+. The van der Waals surface area contributed by atoms with E-state index in [1.807, 2.05) is 12.1 Å². The molecular weight excluding hydrogens is 222 g/mol. The molecule has 0 aliphatic rings. The molecule has 0 fully saturated rings. The van der Waals surface area contributed by atoms with E-state index in [2.05, 4.69) is 50.9 Å². The third-order valence-corrected chi connectivity index (χ3v) is 2.84. The van der Waals surface area contributed by atoms with E-state index in [1.165, 1.54) is 11.1 Å². The lowest BCUT2D eigenvalue weighted by molar-refractivity contribution is 0.363. The average molecular weight is 245 g/mol. The van der Waals surface area contributed by atoms with Crippen molar-refractivity contribution >= 4 is 6.08 Å². The van der Waals surface area contributed by atoms with Crippen molar-refractivity contribution in [2.45, 2.75) is 26.8 Å². The van der Waals surface area contributed by atoms with Crippen LogP contribution >= 0.6 is 0 Å². The summed E-state index contributed by atoms with van der Waals surface area (Å²) in [4.78, 5) is 0. The minimum Gasteiger partial charge on any atom is -0.490 e. The molecule has 18 heavy (non-hydrogen) atoms. The van der Waals surface area contributed by atoms with E-state index in [0.29, 0.717) is 12.6 Å². The highest BCUT2D eigenvalue weighted by Gasteiger charge is 2.01. The van der Waals surface area contributed by atoms with Gasteiger partial charge in [-0.2, -0.15) is 0 Å². The van der Waals surface area contributed by atoms with E-state index in [1.54, 1.807) is 6.08 Å². The Hall–Kier alpha value is -1.54. The lowest BCUT2D eigenvalue weighted by atomic mass is 10.1. The van der Waals surface area contributed by atoms with Crippen LogP contribution in [-0.2, 0) is 0 Å². The first-order valence-electron chi connectivity index (χ1n) is 6.42. The van der Waals surface area contributed by atoms with E-state index in [4.69, 9.17) is 4.74 Å². The second-order valence-corrected chi connectivity index (χ2v) is 4.34. The van der Waals surface area contributed by atoms with Gasteiger partial charge in [0.1, 0.15) is 12.4 Å². The molecule has 1 atom stereocenters. The number of hydrogen-bond acceptors (Lipinski definition) is 2. The molecule has 0 amide bonds. The molecular formula is C16H23NO. The van der Waals surface area contributed by atoms with Crippen LogP contribution in [0, 0.1) is 0 Å². The first-order valence-corrected chi connectivity index (χ1v) is 6.42. The Bertz CT molecular complexity index is 392. The summed E-state index contributed by atoms with van der Waals surface area (Å²) in [5.41, 5.74) is 2.53. The Balaban J connectivity index is 2.67. The molecule has 0 saturated heterocycles. The molecule has 2 heteroatoms. The maximum Gasteiger partial charge on any atom is 0.119 e. The third kappa shape index (κ3) is 4.76. The predicted octanol–water partition coefficient (Wildman–Crippen LogP) is 3.65. The molecule has 0 radical (unpaired) electrons. The highest BCUT2D eigenvalue weighted by atomic mass is 16.5. The van der Waals surface area contributed by atoms with Crippen molar-refractivity contribution in [1.82, 2.24) is 5.32 Å². The van der Waals surface area contributed by atoms with Crippen molar-refractivity contribution < 1.29 is 4.74 Å². The third-order valence-electron chi connectivity index (χ3n) is 2.84. The van der Waals surface area contributed by atoms with Gasteiger partial charge in [0, 0.05) is 6.04 Å². The molecule has 0 aliphatic heterocycles. The predicted molar refractivity (Wildman–Crippen MR) is 78.9 cm³/mol. The van der Waals surface area contributed by atoms with E-state index in [9.17, 15) is 0 Å². The summed E-state index contributed by atoms with van der Waals surface area (Å²) in [6, 6.07) is 8.52. The first-order chi connectivity index (χ1) is 8.67. The SMILES string of the molecule is C=CCOc1ccc(/C=C(\C)C(C)NCC)cc1. The van der Waals surface area contributed by atoms with Crippen LogP contribution in [0.1, 0.15) is 26.3 Å². The molecule has 0 aliphatic carbocycles. The van der Waals surface area contributed by atoms with Crippen molar-refractivity contribution in [2.75, 3.05) is 13.2 Å². The Morgan fingerprint density at radius 3 is 2.61 bits per heavy atom. The zero-order valence-corrected chi connectivity index (χ0v) is 11.6. The van der Waals surface area contributed by atoms with Crippen LogP contribution < -0.4 is 10.1 Å². The summed E-state index contributed by atoms with van der Waals surface area (Å²) >= 11 is 0. The number of rotatable bonds is 7. The van der Waals surface area contributed by atoms with Crippen LogP contribution in [0.4, 0.5) is 0 Å². The fourth-order valence-electron chi connectivity index (χ4n) is 1.67. The Morgan fingerprint density at radius 2 is 2.06 bits per heavy atom. The molecule has 1 N–H and O–H groups in total. The van der Waals surface area contributed by atoms with Crippen molar-refractivity contribution in [1.29, 1.82) is 0 Å². The molecule has 0 spiro atoms. The van der Waals surface area contributed by atoms with Gasteiger partial charge in [0.2, 0.25) is 0 Å². The van der Waals surface area contributed by atoms with Crippen LogP contribution in [0.15, 0.2) is 42.5 Å². The molecule has 0 bridgehead atoms. The smallest absolute Gasteiger partial charge is 0.119 e. The summed E-state index contributed by atoms with van der Waals surface area (Å²) in [6.45, 7) is 11.6. The fourth-order valence-corrected chi connectivity index (χ4v) is 1.67. The van der Waals surface area contributed by atoms with E-state index in [-0.39, 0.29) is 0 Å². The van der Waals surface area contributed by atoms with Gasteiger partial charge in [-0.1, -0.05) is 43.4 Å². The zero-order chi connectivity index (χ0) is 13.4. The Morgan fingerprint density at radius 1 is 1.39 bits per heavy atom. The molecule has 0 heterocycles. The van der Waals surface area contributed by atoms with Gasteiger partial charge in [-0.3, -0.25) is 0 Å². The second kappa shape index (κ2) is 7.72. The average Bonchev–Trinajstić information content (AvgIpc) is 2.38. The van der Waals surface area contributed by atoms with Gasteiger partial charge in [0.25, 0.3) is 0 Å². The number of nitrogens with one attached hydrogen (secondary N) is 1.